The summed E-state index contributed by atoms with van der Waals surface area (Å²) in [4.78, 5) is 29.7. The van der Waals surface area contributed by atoms with Gasteiger partial charge in [-0.3, -0.25) is 9.59 Å². The summed E-state index contributed by atoms with van der Waals surface area (Å²) in [6.45, 7) is 1.31. The molecule has 0 unspecified atom stereocenters. The summed E-state index contributed by atoms with van der Waals surface area (Å²) >= 11 is 5.79. The lowest BCUT2D eigenvalue weighted by Gasteiger charge is -2.34. The van der Waals surface area contributed by atoms with Crippen LogP contribution in [-0.4, -0.2) is 50.1 Å². The van der Waals surface area contributed by atoms with E-state index in [4.69, 9.17) is 22.1 Å². The molecule has 1 aromatic heterocycles. The van der Waals surface area contributed by atoms with Crippen LogP contribution in [0.1, 0.15) is 12.8 Å². The van der Waals surface area contributed by atoms with E-state index in [1.165, 1.54) is 6.20 Å². The molecule has 1 saturated heterocycles. The lowest BCUT2D eigenvalue weighted by Crippen LogP contribution is -2.50. The lowest BCUT2D eigenvalue weighted by molar-refractivity contribution is -0.133. The predicted molar refractivity (Wildman–Crippen MR) is 87.2 cm³/mol. The summed E-state index contributed by atoms with van der Waals surface area (Å²) in [5.74, 6) is 0.0467. The maximum Gasteiger partial charge on any atom is 0.239 e. The van der Waals surface area contributed by atoms with Gasteiger partial charge in [0.15, 0.2) is 0 Å². The number of anilines is 1. The van der Waals surface area contributed by atoms with Crippen molar-refractivity contribution in [2.45, 2.75) is 12.8 Å². The first kappa shape index (κ1) is 17.5. The third-order valence-electron chi connectivity index (χ3n) is 4.08. The first-order chi connectivity index (χ1) is 10.9. The van der Waals surface area contributed by atoms with Crippen LogP contribution < -0.4 is 16.0 Å². The molecule has 0 radical (unpaired) electrons. The van der Waals surface area contributed by atoms with Gasteiger partial charge in [-0.1, -0.05) is 11.6 Å². The lowest BCUT2D eigenvalue weighted by atomic mass is 9.79. The molecule has 0 spiro atoms. The molecular formula is C15H21ClN4O3. The summed E-state index contributed by atoms with van der Waals surface area (Å²) in [6, 6.07) is 3.45. The zero-order valence-corrected chi connectivity index (χ0v) is 13.8. The zero-order chi connectivity index (χ0) is 16.9. The van der Waals surface area contributed by atoms with Crippen molar-refractivity contribution in [1.82, 2.24) is 10.3 Å². The summed E-state index contributed by atoms with van der Waals surface area (Å²) in [7, 11) is 1.76. The molecular weight excluding hydrogens is 320 g/mol. The Bertz CT molecular complexity index is 558. The first-order valence-electron chi connectivity index (χ1n) is 7.40. The quantitative estimate of drug-likeness (QED) is 0.789. The highest BCUT2D eigenvalue weighted by Crippen LogP contribution is 2.29. The number of ether oxygens (including phenoxy) is 1. The average molecular weight is 341 g/mol. The normalized spacial score (nSPS) is 16.6. The molecule has 1 fully saturated rings. The number of amides is 2. The molecule has 1 aliphatic rings. The number of primary amides is 1. The summed E-state index contributed by atoms with van der Waals surface area (Å²) in [5.41, 5.74) is 4.80. The Labute approximate surface area is 140 Å². The van der Waals surface area contributed by atoms with Gasteiger partial charge >= 0.3 is 0 Å². The van der Waals surface area contributed by atoms with Gasteiger partial charge in [-0.15, -0.1) is 0 Å². The van der Waals surface area contributed by atoms with Crippen LogP contribution in [0.5, 0.6) is 0 Å². The van der Waals surface area contributed by atoms with Gasteiger partial charge in [0.25, 0.3) is 0 Å². The first-order valence-corrected chi connectivity index (χ1v) is 7.78. The average Bonchev–Trinajstić information content (AvgIpc) is 2.54. The topological polar surface area (TPSA) is 97.6 Å². The van der Waals surface area contributed by atoms with E-state index >= 15 is 0 Å². The number of rotatable bonds is 6. The minimum atomic E-state index is -0.717. The van der Waals surface area contributed by atoms with E-state index in [0.29, 0.717) is 36.9 Å². The van der Waals surface area contributed by atoms with Crippen molar-refractivity contribution in [1.29, 1.82) is 0 Å². The number of halogens is 1. The smallest absolute Gasteiger partial charge is 0.239 e. The standard InChI is InChI=1S/C15H21ClN4O3/c1-20(12-3-2-11(16)8-18-12)9-13(21)19-10-15(14(17)22)4-6-23-7-5-15/h2-3,8H,4-7,9-10H2,1H3,(H2,17,22)(H,19,21). The number of nitrogens with one attached hydrogen (secondary N) is 1. The van der Waals surface area contributed by atoms with Crippen molar-refractivity contribution >= 4 is 29.2 Å². The molecule has 2 heterocycles. The van der Waals surface area contributed by atoms with Crippen molar-refractivity contribution in [3.8, 4) is 0 Å². The van der Waals surface area contributed by atoms with Gasteiger partial charge in [0.2, 0.25) is 11.8 Å². The number of pyridine rings is 1. The van der Waals surface area contributed by atoms with Crippen LogP contribution in [0.3, 0.4) is 0 Å². The minimum Gasteiger partial charge on any atom is -0.381 e. The molecule has 2 amide bonds. The third kappa shape index (κ3) is 4.56. The number of hydrogen-bond acceptors (Lipinski definition) is 5. The largest absolute Gasteiger partial charge is 0.381 e. The fraction of sp³-hybridized carbons (Fsp3) is 0.533. The maximum absolute atomic E-state index is 12.1. The van der Waals surface area contributed by atoms with Crippen molar-refractivity contribution in [3.63, 3.8) is 0 Å². The molecule has 2 rings (SSSR count). The van der Waals surface area contributed by atoms with E-state index in [1.807, 2.05) is 0 Å². The van der Waals surface area contributed by atoms with Gasteiger partial charge in [0.1, 0.15) is 5.82 Å². The molecule has 23 heavy (non-hydrogen) atoms. The van der Waals surface area contributed by atoms with Crippen molar-refractivity contribution in [3.05, 3.63) is 23.4 Å². The SMILES string of the molecule is CN(CC(=O)NCC1(C(N)=O)CCOCC1)c1ccc(Cl)cn1. The van der Waals surface area contributed by atoms with E-state index in [9.17, 15) is 9.59 Å². The van der Waals surface area contributed by atoms with Gasteiger partial charge in [0.05, 0.1) is 17.0 Å². The molecule has 0 saturated carbocycles. The fourth-order valence-corrected chi connectivity index (χ4v) is 2.60. The zero-order valence-electron chi connectivity index (χ0n) is 13.0. The number of aromatic nitrogens is 1. The predicted octanol–water partition coefficient (Wildman–Crippen LogP) is 0.569. The number of nitrogens with two attached hydrogens (primary N) is 1. The molecule has 0 atom stereocenters. The summed E-state index contributed by atoms with van der Waals surface area (Å²) < 4.78 is 5.27. The molecule has 0 bridgehead atoms. The van der Waals surface area contributed by atoms with Crippen LogP contribution in [0.4, 0.5) is 5.82 Å². The molecule has 0 aliphatic carbocycles. The van der Waals surface area contributed by atoms with E-state index in [1.54, 1.807) is 24.1 Å². The van der Waals surface area contributed by atoms with E-state index in [0.717, 1.165) is 0 Å². The van der Waals surface area contributed by atoms with E-state index in [-0.39, 0.29) is 19.0 Å². The van der Waals surface area contributed by atoms with Crippen LogP contribution in [0.2, 0.25) is 5.02 Å². The highest BCUT2D eigenvalue weighted by Gasteiger charge is 2.38. The second kappa shape index (κ2) is 7.61. The Morgan fingerprint density at radius 1 is 1.43 bits per heavy atom. The Balaban J connectivity index is 1.88. The second-order valence-corrected chi connectivity index (χ2v) is 6.16. The highest BCUT2D eigenvalue weighted by atomic mass is 35.5. The van der Waals surface area contributed by atoms with Crippen molar-refractivity contribution < 1.29 is 14.3 Å². The second-order valence-electron chi connectivity index (χ2n) is 5.72. The van der Waals surface area contributed by atoms with Gasteiger partial charge in [-0.2, -0.15) is 0 Å². The Morgan fingerprint density at radius 2 is 2.13 bits per heavy atom. The number of carbonyl (C=O) groups is 2. The monoisotopic (exact) mass is 340 g/mol. The third-order valence-corrected chi connectivity index (χ3v) is 4.30. The summed E-state index contributed by atoms with van der Waals surface area (Å²) in [6.07, 6.45) is 2.57. The maximum atomic E-state index is 12.1. The van der Waals surface area contributed by atoms with E-state index in [2.05, 4.69) is 10.3 Å². The molecule has 7 nitrogen and oxygen atoms in total. The fourth-order valence-electron chi connectivity index (χ4n) is 2.49. The Morgan fingerprint density at radius 3 is 2.70 bits per heavy atom. The number of likely N-dealkylation sites (N-methyl/N-ethyl adjacent to an activating group) is 1. The van der Waals surface area contributed by atoms with E-state index < -0.39 is 11.3 Å². The molecule has 3 N–H and O–H groups in total. The molecule has 0 aromatic carbocycles. The highest BCUT2D eigenvalue weighted by molar-refractivity contribution is 6.30. The van der Waals surface area contributed by atoms with Crippen LogP contribution in [0.25, 0.3) is 0 Å². The number of nitrogens with zero attached hydrogens (tertiary/aromatic N) is 2. The van der Waals surface area contributed by atoms with Crippen LogP contribution >= 0.6 is 11.6 Å². The Kier molecular flexibility index (Phi) is 5.79. The summed E-state index contributed by atoms with van der Waals surface area (Å²) in [5, 5.41) is 3.33. The van der Waals surface area contributed by atoms with Gasteiger partial charge < -0.3 is 20.7 Å². The van der Waals surface area contributed by atoms with Gasteiger partial charge in [-0.05, 0) is 25.0 Å². The minimum absolute atomic E-state index is 0.125. The molecule has 8 heteroatoms. The number of hydrogen-bond donors (Lipinski definition) is 2. The van der Waals surface area contributed by atoms with Crippen LogP contribution in [-0.2, 0) is 14.3 Å². The Hall–Kier alpha value is -1.86. The number of carbonyl (C=O) groups excluding carboxylic acids is 2. The van der Waals surface area contributed by atoms with Gasteiger partial charge in [-0.25, -0.2) is 4.98 Å². The van der Waals surface area contributed by atoms with Crippen LogP contribution in [0.15, 0.2) is 18.3 Å². The van der Waals surface area contributed by atoms with Crippen molar-refractivity contribution in [2.75, 3.05) is 38.3 Å². The van der Waals surface area contributed by atoms with Gasteiger partial charge in [0, 0.05) is 33.0 Å². The molecule has 126 valence electrons. The van der Waals surface area contributed by atoms with Crippen molar-refractivity contribution in [2.24, 2.45) is 11.1 Å². The van der Waals surface area contributed by atoms with Crippen LogP contribution in [0, 0.1) is 5.41 Å². The molecule has 1 aromatic rings. The molecule has 1 aliphatic heterocycles.